The molecule has 3 aromatic rings. The van der Waals surface area contributed by atoms with Crippen molar-refractivity contribution in [3.8, 4) is 22.3 Å². The number of benzene rings is 3. The van der Waals surface area contributed by atoms with Crippen molar-refractivity contribution in [2.24, 2.45) is 0 Å². The van der Waals surface area contributed by atoms with Crippen LogP contribution < -0.4 is 11.1 Å². The van der Waals surface area contributed by atoms with Crippen LogP contribution in [0.15, 0.2) is 54.6 Å². The smallest absolute Gasteiger partial charge is 0.152 e. The quantitative estimate of drug-likeness (QED) is 0.534. The number of aldehydes is 1. The molecular formula is C20H16F2N2O. The van der Waals surface area contributed by atoms with Crippen LogP contribution in [0.2, 0.25) is 0 Å². The lowest BCUT2D eigenvalue weighted by molar-refractivity contribution is 0.112. The zero-order valence-electron chi connectivity index (χ0n) is 13.5. The van der Waals surface area contributed by atoms with Crippen molar-refractivity contribution in [3.63, 3.8) is 0 Å². The van der Waals surface area contributed by atoms with Crippen molar-refractivity contribution in [2.75, 3.05) is 18.1 Å². The Morgan fingerprint density at radius 1 is 0.920 bits per heavy atom. The zero-order valence-corrected chi connectivity index (χ0v) is 13.5. The van der Waals surface area contributed by atoms with Gasteiger partial charge in [0.15, 0.2) is 6.29 Å². The van der Waals surface area contributed by atoms with Crippen molar-refractivity contribution >= 4 is 17.7 Å². The molecule has 3 nitrogen and oxygen atoms in total. The SMILES string of the molecule is CNc1c(N)cc(-c2cc(F)c(-c3ccccc3)cc2F)cc1C=O. The third kappa shape index (κ3) is 3.08. The number of carbonyl (C=O) groups excluding carboxylic acids is 1. The molecule has 0 unspecified atom stereocenters. The van der Waals surface area contributed by atoms with E-state index in [-0.39, 0.29) is 22.4 Å². The summed E-state index contributed by atoms with van der Waals surface area (Å²) in [6.45, 7) is 0. The van der Waals surface area contributed by atoms with Crippen LogP contribution in [0.25, 0.3) is 22.3 Å². The summed E-state index contributed by atoms with van der Waals surface area (Å²) in [6.07, 6.45) is 0.623. The topological polar surface area (TPSA) is 55.1 Å². The fraction of sp³-hybridized carbons (Fsp3) is 0.0500. The van der Waals surface area contributed by atoms with Gasteiger partial charge in [-0.05, 0) is 35.4 Å². The Hall–Kier alpha value is -3.21. The van der Waals surface area contributed by atoms with Gasteiger partial charge in [-0.2, -0.15) is 0 Å². The highest BCUT2D eigenvalue weighted by Crippen LogP contribution is 2.34. The van der Waals surface area contributed by atoms with Crippen LogP contribution in [0.3, 0.4) is 0 Å². The van der Waals surface area contributed by atoms with Crippen LogP contribution in [-0.4, -0.2) is 13.3 Å². The molecule has 0 spiro atoms. The van der Waals surface area contributed by atoms with Crippen molar-refractivity contribution in [2.45, 2.75) is 0 Å². The summed E-state index contributed by atoms with van der Waals surface area (Å²) >= 11 is 0. The standard InChI is InChI=1S/C20H16F2N2O/c1-24-20-14(11-25)7-13(8-19(20)23)16-10-17(21)15(9-18(16)22)12-5-3-2-4-6-12/h2-11,24H,23H2,1H3. The monoisotopic (exact) mass is 338 g/mol. The summed E-state index contributed by atoms with van der Waals surface area (Å²) in [6, 6.07) is 14.0. The molecule has 0 radical (unpaired) electrons. The first-order valence-electron chi connectivity index (χ1n) is 7.66. The molecule has 3 rings (SSSR count). The van der Waals surface area contributed by atoms with Gasteiger partial charge in [-0.3, -0.25) is 4.79 Å². The summed E-state index contributed by atoms with van der Waals surface area (Å²) in [4.78, 5) is 11.2. The summed E-state index contributed by atoms with van der Waals surface area (Å²) in [7, 11) is 1.63. The maximum absolute atomic E-state index is 14.6. The molecule has 5 heteroatoms. The van der Waals surface area contributed by atoms with E-state index in [9.17, 15) is 13.6 Å². The first-order valence-corrected chi connectivity index (χ1v) is 7.66. The Morgan fingerprint density at radius 3 is 2.08 bits per heavy atom. The zero-order chi connectivity index (χ0) is 18.0. The third-order valence-electron chi connectivity index (χ3n) is 4.03. The van der Waals surface area contributed by atoms with E-state index in [4.69, 9.17) is 5.73 Å². The molecule has 126 valence electrons. The molecule has 25 heavy (non-hydrogen) atoms. The highest BCUT2D eigenvalue weighted by Gasteiger charge is 2.15. The fourth-order valence-corrected chi connectivity index (χ4v) is 2.83. The molecule has 0 atom stereocenters. The van der Waals surface area contributed by atoms with Crippen LogP contribution in [0.4, 0.5) is 20.2 Å². The lowest BCUT2D eigenvalue weighted by Crippen LogP contribution is -2.01. The van der Waals surface area contributed by atoms with Gasteiger partial charge in [-0.15, -0.1) is 0 Å². The molecule has 0 saturated heterocycles. The van der Waals surface area contributed by atoms with Gasteiger partial charge in [0.05, 0.1) is 11.4 Å². The highest BCUT2D eigenvalue weighted by atomic mass is 19.1. The van der Waals surface area contributed by atoms with Gasteiger partial charge in [-0.1, -0.05) is 30.3 Å². The molecular weight excluding hydrogens is 322 g/mol. The van der Waals surface area contributed by atoms with Crippen LogP contribution in [0, 0.1) is 11.6 Å². The van der Waals surface area contributed by atoms with Gasteiger partial charge in [-0.25, -0.2) is 8.78 Å². The number of nitrogens with one attached hydrogen (secondary N) is 1. The number of rotatable bonds is 4. The number of halogens is 2. The van der Waals surface area contributed by atoms with Crippen LogP contribution in [-0.2, 0) is 0 Å². The maximum atomic E-state index is 14.6. The second-order valence-corrected chi connectivity index (χ2v) is 5.58. The number of nitrogens with two attached hydrogens (primary N) is 1. The number of anilines is 2. The van der Waals surface area contributed by atoms with Gasteiger partial charge >= 0.3 is 0 Å². The predicted molar refractivity (Wildman–Crippen MR) is 96.6 cm³/mol. The summed E-state index contributed by atoms with van der Waals surface area (Å²) in [5.74, 6) is -1.14. The third-order valence-corrected chi connectivity index (χ3v) is 4.03. The van der Waals surface area contributed by atoms with E-state index in [2.05, 4.69) is 5.32 Å². The van der Waals surface area contributed by atoms with E-state index in [1.54, 1.807) is 37.4 Å². The molecule has 0 heterocycles. The minimum atomic E-state index is -0.589. The van der Waals surface area contributed by atoms with Crippen LogP contribution in [0.5, 0.6) is 0 Å². The first-order chi connectivity index (χ1) is 12.0. The molecule has 0 bridgehead atoms. The van der Waals surface area contributed by atoms with Crippen molar-refractivity contribution in [1.29, 1.82) is 0 Å². The Bertz CT molecular complexity index is 940. The van der Waals surface area contributed by atoms with E-state index >= 15 is 0 Å². The van der Waals surface area contributed by atoms with Gasteiger partial charge < -0.3 is 11.1 Å². The van der Waals surface area contributed by atoms with Crippen molar-refractivity contribution < 1.29 is 13.6 Å². The molecule has 0 aromatic heterocycles. The summed E-state index contributed by atoms with van der Waals surface area (Å²) < 4.78 is 29.2. The molecule has 3 N–H and O–H groups in total. The second-order valence-electron chi connectivity index (χ2n) is 5.58. The van der Waals surface area contributed by atoms with Gasteiger partial charge in [0, 0.05) is 23.7 Å². The lowest BCUT2D eigenvalue weighted by Gasteiger charge is -2.13. The van der Waals surface area contributed by atoms with E-state index in [0.29, 0.717) is 23.1 Å². The van der Waals surface area contributed by atoms with Crippen LogP contribution in [0.1, 0.15) is 10.4 Å². The Balaban J connectivity index is 2.15. The molecule has 3 aromatic carbocycles. The Morgan fingerprint density at radius 2 is 1.52 bits per heavy atom. The maximum Gasteiger partial charge on any atom is 0.152 e. The molecule has 0 aliphatic heterocycles. The molecule has 0 amide bonds. The Kier molecular flexibility index (Phi) is 4.48. The van der Waals surface area contributed by atoms with E-state index in [1.807, 2.05) is 0 Å². The average Bonchev–Trinajstić information content (AvgIpc) is 2.63. The number of hydrogen-bond acceptors (Lipinski definition) is 3. The van der Waals surface area contributed by atoms with Gasteiger partial charge in [0.2, 0.25) is 0 Å². The number of carbonyl (C=O) groups is 1. The minimum Gasteiger partial charge on any atom is -0.397 e. The first kappa shape index (κ1) is 16.6. The summed E-state index contributed by atoms with van der Waals surface area (Å²) in [5, 5.41) is 2.83. The highest BCUT2D eigenvalue weighted by molar-refractivity contribution is 5.93. The van der Waals surface area contributed by atoms with Gasteiger partial charge in [0.1, 0.15) is 11.6 Å². The predicted octanol–water partition coefficient (Wildman–Crippen LogP) is 4.74. The molecule has 0 saturated carbocycles. The normalized spacial score (nSPS) is 10.5. The fourth-order valence-electron chi connectivity index (χ4n) is 2.83. The summed E-state index contributed by atoms with van der Waals surface area (Å²) in [5.41, 5.74) is 8.10. The van der Waals surface area contributed by atoms with Gasteiger partial charge in [0.25, 0.3) is 0 Å². The van der Waals surface area contributed by atoms with E-state index < -0.39 is 11.6 Å². The average molecular weight is 338 g/mol. The van der Waals surface area contributed by atoms with Crippen molar-refractivity contribution in [1.82, 2.24) is 0 Å². The molecule has 0 aliphatic carbocycles. The lowest BCUT2D eigenvalue weighted by atomic mass is 9.97. The Labute approximate surface area is 144 Å². The number of hydrogen-bond donors (Lipinski definition) is 2. The minimum absolute atomic E-state index is 0.0506. The second kappa shape index (κ2) is 6.73. The van der Waals surface area contributed by atoms with E-state index in [0.717, 1.165) is 12.1 Å². The number of nitrogen functional groups attached to an aromatic ring is 1. The van der Waals surface area contributed by atoms with Crippen molar-refractivity contribution in [3.05, 3.63) is 71.8 Å². The van der Waals surface area contributed by atoms with E-state index in [1.165, 1.54) is 12.1 Å². The molecule has 0 aliphatic rings. The van der Waals surface area contributed by atoms with Crippen LogP contribution >= 0.6 is 0 Å². The molecule has 0 fully saturated rings. The largest absolute Gasteiger partial charge is 0.397 e.